The molecule has 1 amide bonds. The summed E-state index contributed by atoms with van der Waals surface area (Å²) in [7, 11) is 0. The molecule has 2 N–H and O–H groups in total. The molecular weight excluding hydrogens is 264 g/mol. The Morgan fingerprint density at radius 1 is 1.37 bits per heavy atom. The zero-order chi connectivity index (χ0) is 13.7. The fourth-order valence-electron chi connectivity index (χ4n) is 2.57. The Hall–Kier alpha value is -1.13. The standard InChI is InChI=1S/C14H19ClN2O2/c15-12-5-4-11(8-16-12)13(19)17-9-14(10-18)6-2-1-3-7-14/h4-5,8,18H,1-3,6-7,9-10H2,(H,17,19). The molecule has 1 aromatic rings. The number of carbonyl (C=O) groups excluding carboxylic acids is 1. The summed E-state index contributed by atoms with van der Waals surface area (Å²) in [5.41, 5.74) is 0.349. The number of pyridine rings is 1. The molecule has 2 rings (SSSR count). The van der Waals surface area contributed by atoms with Crippen LogP contribution in [0, 0.1) is 5.41 Å². The largest absolute Gasteiger partial charge is 0.396 e. The van der Waals surface area contributed by atoms with Crippen LogP contribution in [0.4, 0.5) is 0 Å². The van der Waals surface area contributed by atoms with Crippen molar-refractivity contribution in [1.82, 2.24) is 10.3 Å². The molecule has 1 saturated carbocycles. The molecule has 5 heteroatoms. The first-order valence-electron chi connectivity index (χ1n) is 6.66. The number of aliphatic hydroxyl groups is 1. The van der Waals surface area contributed by atoms with Crippen molar-refractivity contribution in [1.29, 1.82) is 0 Å². The summed E-state index contributed by atoms with van der Waals surface area (Å²) in [5.74, 6) is -0.164. The highest BCUT2D eigenvalue weighted by Gasteiger charge is 2.31. The molecule has 0 saturated heterocycles. The van der Waals surface area contributed by atoms with Gasteiger partial charge in [0.25, 0.3) is 5.91 Å². The summed E-state index contributed by atoms with van der Waals surface area (Å²) in [6.45, 7) is 0.650. The van der Waals surface area contributed by atoms with Gasteiger partial charge in [0.05, 0.1) is 12.2 Å². The Morgan fingerprint density at radius 2 is 2.11 bits per heavy atom. The van der Waals surface area contributed by atoms with Gasteiger partial charge in [-0.3, -0.25) is 4.79 Å². The second-order valence-corrected chi connectivity index (χ2v) is 5.66. The minimum atomic E-state index is -0.164. The van der Waals surface area contributed by atoms with Crippen molar-refractivity contribution >= 4 is 17.5 Å². The third kappa shape index (κ3) is 3.67. The van der Waals surface area contributed by atoms with E-state index in [4.69, 9.17) is 11.6 Å². The molecule has 0 aliphatic heterocycles. The van der Waals surface area contributed by atoms with Crippen molar-refractivity contribution in [2.24, 2.45) is 5.41 Å². The number of aliphatic hydroxyl groups excluding tert-OH is 1. The van der Waals surface area contributed by atoms with Gasteiger partial charge in [-0.15, -0.1) is 0 Å². The number of halogens is 1. The van der Waals surface area contributed by atoms with Crippen molar-refractivity contribution in [2.75, 3.05) is 13.2 Å². The SMILES string of the molecule is O=C(NCC1(CO)CCCCC1)c1ccc(Cl)nc1. The van der Waals surface area contributed by atoms with Gasteiger partial charge in [-0.05, 0) is 25.0 Å². The molecule has 0 radical (unpaired) electrons. The van der Waals surface area contributed by atoms with Crippen LogP contribution in [0.1, 0.15) is 42.5 Å². The van der Waals surface area contributed by atoms with Crippen LogP contribution in [0.15, 0.2) is 18.3 Å². The monoisotopic (exact) mass is 282 g/mol. The molecule has 1 aromatic heterocycles. The molecule has 0 bridgehead atoms. The third-order valence-electron chi connectivity index (χ3n) is 3.86. The summed E-state index contributed by atoms with van der Waals surface area (Å²) in [4.78, 5) is 15.9. The van der Waals surface area contributed by atoms with Gasteiger partial charge in [-0.1, -0.05) is 30.9 Å². The topological polar surface area (TPSA) is 62.2 Å². The molecule has 1 heterocycles. The van der Waals surface area contributed by atoms with E-state index < -0.39 is 0 Å². The van der Waals surface area contributed by atoms with Crippen molar-refractivity contribution in [3.63, 3.8) is 0 Å². The quantitative estimate of drug-likeness (QED) is 0.834. The number of hydrogen-bond acceptors (Lipinski definition) is 3. The molecule has 0 unspecified atom stereocenters. The van der Waals surface area contributed by atoms with Gasteiger partial charge in [-0.2, -0.15) is 0 Å². The lowest BCUT2D eigenvalue weighted by molar-refractivity contribution is 0.0718. The van der Waals surface area contributed by atoms with Gasteiger partial charge < -0.3 is 10.4 Å². The van der Waals surface area contributed by atoms with Crippen LogP contribution in [-0.4, -0.2) is 29.1 Å². The fraction of sp³-hybridized carbons (Fsp3) is 0.571. The van der Waals surface area contributed by atoms with E-state index in [1.807, 2.05) is 0 Å². The summed E-state index contributed by atoms with van der Waals surface area (Å²) in [6.07, 6.45) is 6.88. The van der Waals surface area contributed by atoms with Crippen LogP contribution in [0.25, 0.3) is 0 Å². The van der Waals surface area contributed by atoms with Crippen LogP contribution in [0.3, 0.4) is 0 Å². The predicted molar refractivity (Wildman–Crippen MR) is 74.2 cm³/mol. The van der Waals surface area contributed by atoms with E-state index in [2.05, 4.69) is 10.3 Å². The fourth-order valence-corrected chi connectivity index (χ4v) is 2.68. The molecule has 1 fully saturated rings. The van der Waals surface area contributed by atoms with Gasteiger partial charge >= 0.3 is 0 Å². The van der Waals surface area contributed by atoms with Crippen molar-refractivity contribution in [2.45, 2.75) is 32.1 Å². The minimum Gasteiger partial charge on any atom is -0.396 e. The Kier molecular flexibility index (Phi) is 4.77. The highest BCUT2D eigenvalue weighted by molar-refractivity contribution is 6.29. The van der Waals surface area contributed by atoms with E-state index in [0.29, 0.717) is 17.3 Å². The van der Waals surface area contributed by atoms with Gasteiger partial charge in [0, 0.05) is 18.2 Å². The first-order valence-corrected chi connectivity index (χ1v) is 7.04. The second-order valence-electron chi connectivity index (χ2n) is 5.27. The maximum Gasteiger partial charge on any atom is 0.252 e. The molecule has 0 spiro atoms. The number of nitrogens with one attached hydrogen (secondary N) is 1. The molecule has 19 heavy (non-hydrogen) atoms. The normalized spacial score (nSPS) is 18.0. The third-order valence-corrected chi connectivity index (χ3v) is 4.09. The number of nitrogens with zero attached hydrogens (tertiary/aromatic N) is 1. The maximum absolute atomic E-state index is 12.0. The molecule has 1 aliphatic carbocycles. The van der Waals surface area contributed by atoms with Gasteiger partial charge in [-0.25, -0.2) is 4.98 Å². The van der Waals surface area contributed by atoms with Crippen LogP contribution in [-0.2, 0) is 0 Å². The lowest BCUT2D eigenvalue weighted by Crippen LogP contribution is -2.41. The highest BCUT2D eigenvalue weighted by Crippen LogP contribution is 2.35. The number of aromatic nitrogens is 1. The van der Waals surface area contributed by atoms with E-state index in [0.717, 1.165) is 25.7 Å². The number of hydrogen-bond donors (Lipinski definition) is 2. The first kappa shape index (κ1) is 14.3. The van der Waals surface area contributed by atoms with E-state index >= 15 is 0 Å². The summed E-state index contributed by atoms with van der Waals surface area (Å²) >= 11 is 5.68. The van der Waals surface area contributed by atoms with Crippen molar-refractivity contribution in [3.05, 3.63) is 29.0 Å². The summed E-state index contributed by atoms with van der Waals surface area (Å²) in [6, 6.07) is 3.25. The Balaban J connectivity index is 1.93. The maximum atomic E-state index is 12.0. The zero-order valence-corrected chi connectivity index (χ0v) is 11.6. The van der Waals surface area contributed by atoms with Gasteiger partial charge in [0.2, 0.25) is 0 Å². The van der Waals surface area contributed by atoms with Crippen LogP contribution in [0.2, 0.25) is 5.15 Å². The van der Waals surface area contributed by atoms with E-state index in [1.54, 1.807) is 12.1 Å². The minimum absolute atomic E-state index is 0.131. The molecule has 1 aliphatic rings. The Labute approximate surface area is 118 Å². The lowest BCUT2D eigenvalue weighted by atomic mass is 9.74. The van der Waals surface area contributed by atoms with Gasteiger partial charge in [0.1, 0.15) is 5.15 Å². The number of carbonyl (C=O) groups is 1. The van der Waals surface area contributed by atoms with Crippen LogP contribution in [0.5, 0.6) is 0 Å². The molecule has 104 valence electrons. The van der Waals surface area contributed by atoms with Crippen molar-refractivity contribution < 1.29 is 9.90 Å². The average Bonchev–Trinajstić information content (AvgIpc) is 2.46. The zero-order valence-electron chi connectivity index (χ0n) is 10.9. The predicted octanol–water partition coefficient (Wildman–Crippen LogP) is 2.41. The molecule has 4 nitrogen and oxygen atoms in total. The van der Waals surface area contributed by atoms with Crippen LogP contribution < -0.4 is 5.32 Å². The van der Waals surface area contributed by atoms with Crippen LogP contribution >= 0.6 is 11.6 Å². The summed E-state index contributed by atoms with van der Waals surface area (Å²) in [5, 5.41) is 12.8. The highest BCUT2D eigenvalue weighted by atomic mass is 35.5. The van der Waals surface area contributed by atoms with E-state index in [1.165, 1.54) is 12.6 Å². The average molecular weight is 283 g/mol. The lowest BCUT2D eigenvalue weighted by Gasteiger charge is -2.35. The van der Waals surface area contributed by atoms with E-state index in [9.17, 15) is 9.90 Å². The Bertz CT molecular complexity index is 428. The molecule has 0 aromatic carbocycles. The smallest absolute Gasteiger partial charge is 0.252 e. The second kappa shape index (κ2) is 6.35. The number of rotatable bonds is 4. The summed E-state index contributed by atoms with van der Waals surface area (Å²) < 4.78 is 0. The first-order chi connectivity index (χ1) is 9.15. The van der Waals surface area contributed by atoms with E-state index in [-0.39, 0.29) is 17.9 Å². The van der Waals surface area contributed by atoms with Crippen molar-refractivity contribution in [3.8, 4) is 0 Å². The Morgan fingerprint density at radius 3 is 2.68 bits per heavy atom. The molecule has 0 atom stereocenters. The number of amides is 1. The van der Waals surface area contributed by atoms with Gasteiger partial charge in [0.15, 0.2) is 0 Å². The molecular formula is C14H19ClN2O2.